The number of hydrogen-bond acceptors (Lipinski definition) is 1. The average Bonchev–Trinajstić information content (AvgIpc) is 2.78. The summed E-state index contributed by atoms with van der Waals surface area (Å²) in [4.78, 5) is 4.80. The highest BCUT2D eigenvalue weighted by atomic mass is 35.5. The van der Waals surface area contributed by atoms with E-state index in [1.165, 1.54) is 36.8 Å². The van der Waals surface area contributed by atoms with Crippen molar-refractivity contribution in [3.63, 3.8) is 0 Å². The molecule has 0 aliphatic heterocycles. The fourth-order valence-electron chi connectivity index (χ4n) is 3.53. The molecule has 0 amide bonds. The van der Waals surface area contributed by atoms with Gasteiger partial charge in [0.1, 0.15) is 5.82 Å². The second-order valence-corrected chi connectivity index (χ2v) is 8.00. The van der Waals surface area contributed by atoms with Crippen LogP contribution in [-0.4, -0.2) is 9.55 Å². The lowest BCUT2D eigenvalue weighted by molar-refractivity contribution is 0.194. The molecule has 3 heteroatoms. The van der Waals surface area contributed by atoms with Crippen LogP contribution in [0.25, 0.3) is 11.0 Å². The van der Waals surface area contributed by atoms with Gasteiger partial charge < -0.3 is 4.57 Å². The summed E-state index contributed by atoms with van der Waals surface area (Å²) in [6.45, 7) is 8.93. The maximum Gasteiger partial charge on any atom is 0.127 e. The zero-order valence-electron chi connectivity index (χ0n) is 13.5. The molecule has 2 aromatic rings. The van der Waals surface area contributed by atoms with E-state index in [1.54, 1.807) is 0 Å². The van der Waals surface area contributed by atoms with Gasteiger partial charge in [-0.15, -0.1) is 11.6 Å². The highest BCUT2D eigenvalue weighted by Gasteiger charge is 2.30. The number of aromatic nitrogens is 2. The first-order valence-corrected chi connectivity index (χ1v) is 8.43. The molecule has 1 unspecified atom stereocenters. The van der Waals surface area contributed by atoms with E-state index in [2.05, 4.69) is 43.5 Å². The summed E-state index contributed by atoms with van der Waals surface area (Å²) in [6, 6.07) is 7.05. The Bertz CT molecular complexity index is 645. The van der Waals surface area contributed by atoms with Crippen molar-refractivity contribution in [1.82, 2.24) is 9.55 Å². The number of alkyl halides is 1. The van der Waals surface area contributed by atoms with Crippen molar-refractivity contribution in [2.45, 2.75) is 64.8 Å². The van der Waals surface area contributed by atoms with Crippen molar-refractivity contribution in [1.29, 1.82) is 0 Å². The van der Waals surface area contributed by atoms with Gasteiger partial charge in [0.25, 0.3) is 0 Å². The van der Waals surface area contributed by atoms with E-state index >= 15 is 0 Å². The van der Waals surface area contributed by atoms with E-state index in [1.807, 2.05) is 6.92 Å². The van der Waals surface area contributed by atoms with Crippen molar-refractivity contribution < 1.29 is 0 Å². The number of rotatable bonds is 2. The summed E-state index contributed by atoms with van der Waals surface area (Å²) in [5.41, 5.74) is 4.10. The third kappa shape index (κ3) is 2.83. The minimum absolute atomic E-state index is 0.0485. The normalized spacial score (nSPS) is 20.8. The van der Waals surface area contributed by atoms with Gasteiger partial charge in [-0.1, -0.05) is 19.9 Å². The third-order valence-electron chi connectivity index (χ3n) is 4.90. The van der Waals surface area contributed by atoms with E-state index in [0.717, 1.165) is 11.3 Å². The van der Waals surface area contributed by atoms with Gasteiger partial charge in [-0.2, -0.15) is 0 Å². The molecule has 1 fully saturated rings. The van der Waals surface area contributed by atoms with Crippen LogP contribution in [0, 0.1) is 12.3 Å². The lowest BCUT2D eigenvalue weighted by Gasteiger charge is -2.36. The summed E-state index contributed by atoms with van der Waals surface area (Å²) in [5, 5.41) is -0.0485. The molecule has 1 aromatic carbocycles. The molecular weight excluding hydrogens is 280 g/mol. The number of hydrogen-bond donors (Lipinski definition) is 0. The van der Waals surface area contributed by atoms with Gasteiger partial charge in [-0.25, -0.2) is 4.98 Å². The van der Waals surface area contributed by atoms with Gasteiger partial charge in [0.05, 0.1) is 16.4 Å². The molecule has 3 rings (SSSR count). The summed E-state index contributed by atoms with van der Waals surface area (Å²) in [7, 11) is 0. The standard InChI is InChI=1S/C18H25ClN2/c1-12-5-6-15-16(11-12)21(17(20-15)13(2)19)14-7-9-18(3,4)10-8-14/h5-6,11,13-14H,7-10H2,1-4H3. The van der Waals surface area contributed by atoms with Gasteiger partial charge >= 0.3 is 0 Å². The van der Waals surface area contributed by atoms with E-state index in [0.29, 0.717) is 11.5 Å². The SMILES string of the molecule is Cc1ccc2nc(C(C)Cl)n(C3CCC(C)(C)CC3)c2c1. The van der Waals surface area contributed by atoms with E-state index in [-0.39, 0.29) is 5.38 Å². The molecule has 1 heterocycles. The van der Waals surface area contributed by atoms with E-state index < -0.39 is 0 Å². The lowest BCUT2D eigenvalue weighted by Crippen LogP contribution is -2.24. The smallest absolute Gasteiger partial charge is 0.127 e. The number of aryl methyl sites for hydroxylation is 1. The molecule has 1 atom stereocenters. The molecule has 0 bridgehead atoms. The summed E-state index contributed by atoms with van der Waals surface area (Å²) < 4.78 is 2.43. The van der Waals surface area contributed by atoms with Crippen LogP contribution in [0.1, 0.15) is 69.3 Å². The highest BCUT2D eigenvalue weighted by Crippen LogP contribution is 2.42. The van der Waals surface area contributed by atoms with Crippen LogP contribution in [0.5, 0.6) is 0 Å². The minimum Gasteiger partial charge on any atom is -0.324 e. The molecule has 1 saturated carbocycles. The highest BCUT2D eigenvalue weighted by molar-refractivity contribution is 6.20. The first kappa shape index (κ1) is 14.9. The van der Waals surface area contributed by atoms with Gasteiger partial charge in [0.2, 0.25) is 0 Å². The Morgan fingerprint density at radius 3 is 2.57 bits per heavy atom. The Labute approximate surface area is 132 Å². The monoisotopic (exact) mass is 304 g/mol. The molecule has 114 valence electrons. The van der Waals surface area contributed by atoms with Gasteiger partial charge in [0, 0.05) is 6.04 Å². The maximum atomic E-state index is 6.41. The summed E-state index contributed by atoms with van der Waals surface area (Å²) in [6.07, 6.45) is 5.00. The van der Waals surface area contributed by atoms with E-state index in [9.17, 15) is 0 Å². The van der Waals surface area contributed by atoms with Crippen LogP contribution in [0.15, 0.2) is 18.2 Å². The Hall–Kier alpha value is -1.02. The van der Waals surface area contributed by atoms with Gasteiger partial charge in [0.15, 0.2) is 0 Å². The minimum atomic E-state index is -0.0485. The largest absolute Gasteiger partial charge is 0.324 e. The quantitative estimate of drug-likeness (QED) is 0.642. The molecule has 0 spiro atoms. The fourth-order valence-corrected chi connectivity index (χ4v) is 3.68. The van der Waals surface area contributed by atoms with Crippen molar-refractivity contribution >= 4 is 22.6 Å². The van der Waals surface area contributed by atoms with Crippen molar-refractivity contribution in [2.24, 2.45) is 5.41 Å². The van der Waals surface area contributed by atoms with Gasteiger partial charge in [-0.3, -0.25) is 0 Å². The molecule has 2 nitrogen and oxygen atoms in total. The average molecular weight is 305 g/mol. The van der Waals surface area contributed by atoms with Crippen LogP contribution < -0.4 is 0 Å². The predicted octanol–water partition coefficient (Wildman–Crippen LogP) is 5.79. The van der Waals surface area contributed by atoms with Crippen LogP contribution in [0.3, 0.4) is 0 Å². The number of imidazole rings is 1. The van der Waals surface area contributed by atoms with Crippen molar-refractivity contribution in [2.75, 3.05) is 0 Å². The third-order valence-corrected chi connectivity index (χ3v) is 5.10. The van der Waals surface area contributed by atoms with Crippen molar-refractivity contribution in [3.8, 4) is 0 Å². The van der Waals surface area contributed by atoms with E-state index in [4.69, 9.17) is 16.6 Å². The Morgan fingerprint density at radius 2 is 1.95 bits per heavy atom. The fraction of sp³-hybridized carbons (Fsp3) is 0.611. The van der Waals surface area contributed by atoms with Crippen LogP contribution >= 0.6 is 11.6 Å². The van der Waals surface area contributed by atoms with Crippen LogP contribution in [0.2, 0.25) is 0 Å². The Kier molecular flexibility index (Phi) is 3.77. The zero-order chi connectivity index (χ0) is 15.2. The number of fused-ring (bicyclic) bond motifs is 1. The van der Waals surface area contributed by atoms with Crippen LogP contribution in [0.4, 0.5) is 0 Å². The predicted molar refractivity (Wildman–Crippen MR) is 90.0 cm³/mol. The topological polar surface area (TPSA) is 17.8 Å². The van der Waals surface area contributed by atoms with Crippen molar-refractivity contribution in [3.05, 3.63) is 29.6 Å². The molecule has 1 aliphatic carbocycles. The Morgan fingerprint density at radius 1 is 1.29 bits per heavy atom. The first-order valence-electron chi connectivity index (χ1n) is 8.00. The Balaban J connectivity index is 2.07. The molecular formula is C18H25ClN2. The second-order valence-electron chi connectivity index (χ2n) is 7.34. The molecule has 1 aliphatic rings. The number of halogens is 1. The molecule has 0 N–H and O–H groups in total. The molecule has 1 aromatic heterocycles. The molecule has 0 radical (unpaired) electrons. The summed E-state index contributed by atoms with van der Waals surface area (Å²) >= 11 is 6.41. The van der Waals surface area contributed by atoms with Crippen LogP contribution in [-0.2, 0) is 0 Å². The second kappa shape index (κ2) is 5.31. The molecule has 21 heavy (non-hydrogen) atoms. The lowest BCUT2D eigenvalue weighted by atomic mass is 9.75. The maximum absolute atomic E-state index is 6.41. The molecule has 0 saturated heterocycles. The number of benzene rings is 1. The number of nitrogens with zero attached hydrogens (tertiary/aromatic N) is 2. The zero-order valence-corrected chi connectivity index (χ0v) is 14.2. The van der Waals surface area contributed by atoms with Gasteiger partial charge in [-0.05, 0) is 62.6 Å². The first-order chi connectivity index (χ1) is 9.87. The summed E-state index contributed by atoms with van der Waals surface area (Å²) in [5.74, 6) is 1.03.